The molecular weight excluding hydrogens is 1400 g/mol. The molecule has 104 heavy (non-hydrogen) atoms. The maximum absolute atomic E-state index is 11.1. The van der Waals surface area contributed by atoms with Gasteiger partial charge in [-0.1, -0.05) is 148 Å². The summed E-state index contributed by atoms with van der Waals surface area (Å²) in [6.07, 6.45) is 31.0. The number of aliphatic hydroxyl groups excluding tert-OH is 3. The van der Waals surface area contributed by atoms with Gasteiger partial charge >= 0.3 is 11.9 Å². The SMILES string of the molecule is C=C/C=C/CCCl.C=C/C=C/CCO.C=C/C=C/CCOCC(N=[C-]OC)C(C)=O.C=C/C=C/CCOc1ccc(CC([NH-])C(C)=O)cc1.CC(=O)C([NH-])Cc1ccc(O)cc1.CC(=O)F.CC(=O)F.CO[C-]=NC(CO)C(C)=O.F.F.F.F.NC(CO)C(=O)O.NC(Cc1ccc(O)cc1)C(=O)O.[3HH].[3HH]. The lowest BCUT2D eigenvalue weighted by atomic mass is 10.0. The van der Waals surface area contributed by atoms with Crippen molar-refractivity contribution in [2.24, 2.45) is 21.5 Å². The van der Waals surface area contributed by atoms with E-state index in [0.29, 0.717) is 31.9 Å². The number of carbonyl (C=O) groups excluding carboxylic acids is 6. The number of nitrogens with two attached hydrogens (primary N) is 2. The molecule has 6 atom stereocenters. The molecular formula is C72H111ClF6N6O19-4. The van der Waals surface area contributed by atoms with Gasteiger partial charge in [-0.2, -0.15) is 8.78 Å². The molecule has 25 nitrogen and oxygen atoms in total. The number of ketones is 4. The molecule has 0 aliphatic heterocycles. The number of rotatable bonds is 35. The minimum atomic E-state index is -1.33. The number of methoxy groups -OCH3 is 2. The van der Waals surface area contributed by atoms with Gasteiger partial charge in [-0.3, -0.25) is 47.6 Å². The minimum Gasteiger partial charge on any atom is -0.677 e. The molecule has 596 valence electrons. The van der Waals surface area contributed by atoms with Crippen LogP contribution >= 0.6 is 11.6 Å². The Labute approximate surface area is 614 Å². The maximum atomic E-state index is 11.1. The summed E-state index contributed by atoms with van der Waals surface area (Å²) in [6, 6.07) is 13.1. The number of carboxylic acid groups (broad SMARTS) is 2. The number of nitrogens with zero attached hydrogens (tertiary/aromatic N) is 2. The van der Waals surface area contributed by atoms with Crippen LogP contribution in [0.15, 0.2) is 182 Å². The Morgan fingerprint density at radius 2 is 0.856 bits per heavy atom. The zero-order chi connectivity index (χ0) is 78.1. The predicted molar refractivity (Wildman–Crippen MR) is 402 cm³/mol. The first-order valence-corrected chi connectivity index (χ1v) is 30.8. The average Bonchev–Trinajstić information content (AvgIpc) is 0.911. The number of hydrogen-bond acceptors (Lipinski definition) is 21. The molecule has 0 amide bonds. The number of Topliss-reactive ketones (excluding diaryl/α,β-unsaturated/α-hetero) is 4. The van der Waals surface area contributed by atoms with E-state index >= 15 is 0 Å². The van der Waals surface area contributed by atoms with Crippen molar-refractivity contribution in [3.63, 3.8) is 0 Å². The monoisotopic (exact) mass is 1520 g/mol. The van der Waals surface area contributed by atoms with Crippen LogP contribution in [0.5, 0.6) is 17.2 Å². The summed E-state index contributed by atoms with van der Waals surface area (Å²) in [7, 11) is 2.81. The van der Waals surface area contributed by atoms with Crippen LogP contribution in [0.1, 0.15) is 86.8 Å². The third kappa shape index (κ3) is 92.4. The van der Waals surface area contributed by atoms with Gasteiger partial charge in [0.15, 0.2) is 11.6 Å². The third-order valence-electron chi connectivity index (χ3n) is 10.6. The first kappa shape index (κ1) is 118. The molecule has 3 aromatic rings. The van der Waals surface area contributed by atoms with Gasteiger partial charge in [0, 0.05) is 43.4 Å². The summed E-state index contributed by atoms with van der Waals surface area (Å²) in [4.78, 5) is 88.3. The molecule has 0 spiro atoms. The van der Waals surface area contributed by atoms with E-state index in [1.54, 1.807) is 60.7 Å². The van der Waals surface area contributed by atoms with Gasteiger partial charge in [0.25, 0.3) is 12.1 Å². The van der Waals surface area contributed by atoms with Crippen molar-refractivity contribution in [1.29, 1.82) is 0 Å². The quantitative estimate of drug-likeness (QED) is 0.00386. The second-order valence-electron chi connectivity index (χ2n) is 19.4. The first-order valence-electron chi connectivity index (χ1n) is 30.3. The number of aliphatic hydroxyl groups is 3. The van der Waals surface area contributed by atoms with Crippen molar-refractivity contribution in [1.82, 2.24) is 0 Å². The van der Waals surface area contributed by atoms with Gasteiger partial charge in [0.05, 0.1) is 45.1 Å². The molecule has 6 unspecified atom stereocenters. The van der Waals surface area contributed by atoms with Crippen molar-refractivity contribution in [2.75, 3.05) is 59.7 Å². The highest BCUT2D eigenvalue weighted by Crippen LogP contribution is 2.16. The molecule has 13 N–H and O–H groups in total. The second-order valence-corrected chi connectivity index (χ2v) is 19.7. The fraction of sp³-hybridized carbons (Fsp3) is 0.389. The number of aliphatic imine (C=N–C) groups is 2. The van der Waals surface area contributed by atoms with E-state index in [4.69, 9.17) is 89.3 Å². The number of phenolic OH excluding ortho intramolecular Hbond substituents is 2. The Bertz CT molecular complexity index is 2790. The van der Waals surface area contributed by atoms with Crippen molar-refractivity contribution in [3.8, 4) is 17.2 Å². The van der Waals surface area contributed by atoms with Crippen LogP contribution in [0.3, 0.4) is 0 Å². The van der Waals surface area contributed by atoms with Gasteiger partial charge < -0.3 is 97.2 Å². The van der Waals surface area contributed by atoms with Gasteiger partial charge in [-0.05, 0) is 126 Å². The normalized spacial score (nSPS) is 11.4. The van der Waals surface area contributed by atoms with Crippen molar-refractivity contribution >= 4 is 71.5 Å². The lowest BCUT2D eigenvalue weighted by molar-refractivity contribution is -0.140. The Balaban J connectivity index is -0.0000000845. The molecule has 0 saturated carbocycles. The van der Waals surface area contributed by atoms with Crippen molar-refractivity contribution in [2.45, 2.75) is 123 Å². The van der Waals surface area contributed by atoms with E-state index in [1.807, 2.05) is 72.9 Å². The number of halogens is 7. The summed E-state index contributed by atoms with van der Waals surface area (Å²) in [5, 5.41) is 59.1. The summed E-state index contributed by atoms with van der Waals surface area (Å²) in [6.45, 7) is 22.4. The van der Waals surface area contributed by atoms with E-state index in [9.17, 15) is 37.5 Å². The zero-order valence-corrected chi connectivity index (χ0v) is 60.6. The topological polar surface area (TPSA) is 439 Å². The van der Waals surface area contributed by atoms with Gasteiger partial charge in [0.1, 0.15) is 40.9 Å². The standard InChI is InChI=1S/C16H20NO2.C12H18NO3.C10H12NO2.C9H11NO3.C6H9Cl.C6H10NO3.C6H10O.C3H7NO3.2C2H3FO.4FH.2H2/c1-3-4-5-6-11-19-15-9-7-14(8-10-15)12-16(17)13(2)18;1-4-5-6-7-8-16-9-12(11(2)14)13-10-15-3;1-7(12)10(11)6-8-2-4-9(13)5-3-8;10-8(9(12)13)5-6-1-3-7(11)4-2-6;1-2-3-4-5-6-7;1-5(9)6(3-8)7-4-10-2;1-2-3-4-5-6-7;4-2(1-5)3(6)7;2*1-2(3)4;;;;;;/h3-5,7-10,16-17H,1,6,11-12H2,2H3;4-6,12H,1,7-9H2,2-3H3;2-5,10-11,13H,6H2,1H3;1-4,8,11H,5,10H2,(H,12,13);2-4H,1,5-6H2;6,8H,3H2,1-2H3;2-4,7H,1,5-6H2;2,5H,1,4H2,(H,6,7);2*1H3;6*1H/q3*-1;;;-1;;;;;;;;;;/b5-4+;6-5+;;;4-3+;;4-3+;;;;;;;;;/i;;;;;;;;;;;;;;2*1+2. The molecule has 3 rings (SSSR count). The molecule has 32 heteroatoms. The number of allylic oxidation sites excluding steroid dienone is 9. The number of phenols is 2. The number of benzene rings is 3. The summed E-state index contributed by atoms with van der Waals surface area (Å²) in [5.74, 6) is -0.832. The highest BCUT2D eigenvalue weighted by molar-refractivity contribution is 6.17. The van der Waals surface area contributed by atoms with Crippen LogP contribution in [0.2, 0.25) is 0 Å². The average molecular weight is 1520 g/mol. The third-order valence-corrected chi connectivity index (χ3v) is 10.8. The van der Waals surface area contributed by atoms with E-state index < -0.39 is 66.9 Å². The lowest BCUT2D eigenvalue weighted by Crippen LogP contribution is -2.33. The highest BCUT2D eigenvalue weighted by Gasteiger charge is 2.12. The van der Waals surface area contributed by atoms with Gasteiger partial charge in [-0.25, -0.2) is 12.8 Å². The number of hydrogen-bond donors (Lipinski definition) is 9. The predicted octanol–water partition coefficient (Wildman–Crippen LogP) is 11.1. The summed E-state index contributed by atoms with van der Waals surface area (Å²) >= 11 is 5.35. The van der Waals surface area contributed by atoms with Gasteiger partial charge in [0.2, 0.25) is 0 Å². The fourth-order valence-corrected chi connectivity index (χ4v) is 5.53. The number of nitrogens with one attached hydrogen (secondary N) is 2. The van der Waals surface area contributed by atoms with Crippen LogP contribution in [-0.2, 0) is 71.8 Å². The second kappa shape index (κ2) is 85.8. The largest absolute Gasteiger partial charge is 0.677 e. The van der Waals surface area contributed by atoms with Gasteiger partial charge in [-0.15, -0.1) is 11.6 Å². The molecule has 0 heterocycles. The van der Waals surface area contributed by atoms with E-state index in [-0.39, 0.29) is 82.5 Å². The number of carboxylic acids is 2. The molecule has 0 bridgehead atoms. The van der Waals surface area contributed by atoms with Crippen LogP contribution in [0, 0.1) is 0 Å². The number of carbonyl (C=O) groups is 8. The molecule has 3 aromatic carbocycles. The molecule has 0 aliphatic rings. The molecule has 0 aliphatic carbocycles. The first-order chi connectivity index (χ1) is 47.2. The summed E-state index contributed by atoms with van der Waals surface area (Å²) in [5.41, 5.74) is 27.8. The van der Waals surface area contributed by atoms with E-state index in [2.05, 4.69) is 58.6 Å². The van der Waals surface area contributed by atoms with Crippen LogP contribution in [0.25, 0.3) is 11.5 Å². The summed E-state index contributed by atoms with van der Waals surface area (Å²) < 4.78 is 40.5. The van der Waals surface area contributed by atoms with Crippen LogP contribution < -0.4 is 16.2 Å². The maximum Gasteiger partial charge on any atom is 0.322 e. The fourth-order valence-electron chi connectivity index (χ4n) is 5.40. The molecule has 0 fully saturated rings. The Morgan fingerprint density at radius 1 is 0.529 bits per heavy atom. The molecule has 0 saturated heterocycles. The lowest BCUT2D eigenvalue weighted by Gasteiger charge is -2.16. The highest BCUT2D eigenvalue weighted by atomic mass is 35.5. The van der Waals surface area contributed by atoms with Crippen LogP contribution in [-0.4, -0.2) is 192 Å². The smallest absolute Gasteiger partial charge is 0.322 e. The van der Waals surface area contributed by atoms with E-state index in [1.165, 1.54) is 54.0 Å². The zero-order valence-electron chi connectivity index (χ0n) is 59.9. The van der Waals surface area contributed by atoms with Crippen molar-refractivity contribution in [3.05, 3.63) is 200 Å². The number of alkyl halides is 1. The number of ether oxygens (including phenoxy) is 4. The van der Waals surface area contributed by atoms with Crippen molar-refractivity contribution < 1.29 is 124 Å². The Kier molecular flexibility index (Phi) is 97.7. The molecule has 0 aromatic heterocycles. The Hall–Kier alpha value is -9.57. The van der Waals surface area contributed by atoms with E-state index in [0.717, 1.165) is 62.0 Å². The Morgan fingerprint density at radius 3 is 1.14 bits per heavy atom. The number of aromatic hydroxyl groups is 2. The number of aliphatic carboxylic acids is 2. The molecule has 0 radical (unpaired) electrons. The minimum absolute atomic E-state index is 0. The van der Waals surface area contributed by atoms with Crippen LogP contribution in [0.4, 0.5) is 27.6 Å².